The van der Waals surface area contributed by atoms with Gasteiger partial charge in [0.05, 0.1) is 15.8 Å². The number of benzene rings is 3. The van der Waals surface area contributed by atoms with Crippen molar-refractivity contribution in [3.8, 4) is 22.4 Å². The zero-order chi connectivity index (χ0) is 29.8. The maximum Gasteiger partial charge on any atom is 0.240 e. The number of hydrogen-bond donors (Lipinski definition) is 2. The standard InChI is InChI=1S/C29H22F2N6O4S/c1-15(27-22(17-5-3-6-18(30)13-17)26(38)23-20(31)7-4-8-21(23)41-27)37-29-24(28(32)34-14-35-29)25(36-37)16-9-11-19(12-10-16)42(39,40)33-2/h3-15,33H,1-2H3,(H2,32,34,35). The summed E-state index contributed by atoms with van der Waals surface area (Å²) in [7, 11) is -2.36. The van der Waals surface area contributed by atoms with Crippen molar-refractivity contribution in [2.24, 2.45) is 0 Å². The average Bonchev–Trinajstić information content (AvgIpc) is 3.37. The Labute approximate surface area is 237 Å². The summed E-state index contributed by atoms with van der Waals surface area (Å²) in [6.07, 6.45) is 1.26. The molecular formula is C29H22F2N6O4S. The number of halogens is 2. The van der Waals surface area contributed by atoms with Gasteiger partial charge >= 0.3 is 0 Å². The third-order valence-corrected chi connectivity index (χ3v) is 8.41. The van der Waals surface area contributed by atoms with Crippen LogP contribution in [0, 0.1) is 11.6 Å². The van der Waals surface area contributed by atoms with Crippen LogP contribution in [0.15, 0.2) is 87.2 Å². The highest BCUT2D eigenvalue weighted by Crippen LogP contribution is 2.36. The van der Waals surface area contributed by atoms with Crippen LogP contribution >= 0.6 is 0 Å². The quantitative estimate of drug-likeness (QED) is 0.286. The Balaban J connectivity index is 1.60. The average molecular weight is 589 g/mol. The van der Waals surface area contributed by atoms with Crippen LogP contribution in [0.25, 0.3) is 44.4 Å². The van der Waals surface area contributed by atoms with Crippen molar-refractivity contribution < 1.29 is 21.6 Å². The summed E-state index contributed by atoms with van der Waals surface area (Å²) in [4.78, 5) is 22.3. The van der Waals surface area contributed by atoms with Crippen LogP contribution in [0.4, 0.5) is 14.6 Å². The van der Waals surface area contributed by atoms with Crippen molar-refractivity contribution >= 4 is 37.8 Å². The SMILES string of the molecule is CNS(=O)(=O)c1ccc(-c2nn(C(C)c3oc4cccc(F)c4c(=O)c3-c3cccc(F)c3)c3ncnc(N)c23)cc1. The van der Waals surface area contributed by atoms with Gasteiger partial charge in [0.2, 0.25) is 15.5 Å². The summed E-state index contributed by atoms with van der Waals surface area (Å²) >= 11 is 0. The first-order valence-corrected chi connectivity index (χ1v) is 14.1. The molecule has 13 heteroatoms. The van der Waals surface area contributed by atoms with E-state index in [1.807, 2.05) is 0 Å². The largest absolute Gasteiger partial charge is 0.458 e. The van der Waals surface area contributed by atoms with Crippen molar-refractivity contribution in [2.75, 3.05) is 12.8 Å². The van der Waals surface area contributed by atoms with E-state index >= 15 is 0 Å². The molecule has 212 valence electrons. The molecule has 0 saturated carbocycles. The van der Waals surface area contributed by atoms with Gasteiger partial charge in [0, 0.05) is 5.56 Å². The van der Waals surface area contributed by atoms with E-state index in [1.165, 1.54) is 66.6 Å². The maximum absolute atomic E-state index is 14.8. The molecule has 0 bridgehead atoms. The predicted octanol–water partition coefficient (Wildman–Crippen LogP) is 4.64. The van der Waals surface area contributed by atoms with E-state index in [9.17, 15) is 22.0 Å². The van der Waals surface area contributed by atoms with E-state index in [-0.39, 0.29) is 38.6 Å². The second-order valence-electron chi connectivity index (χ2n) is 9.45. The molecule has 0 radical (unpaired) electrons. The maximum atomic E-state index is 14.8. The number of anilines is 1. The molecule has 1 atom stereocenters. The lowest BCUT2D eigenvalue weighted by Crippen LogP contribution is -2.18. The highest BCUT2D eigenvalue weighted by atomic mass is 32.2. The number of nitrogens with one attached hydrogen (secondary N) is 1. The van der Waals surface area contributed by atoms with Crippen LogP contribution in [0.5, 0.6) is 0 Å². The van der Waals surface area contributed by atoms with Gasteiger partial charge in [0.1, 0.15) is 52.2 Å². The highest BCUT2D eigenvalue weighted by molar-refractivity contribution is 7.89. The third-order valence-electron chi connectivity index (χ3n) is 6.98. The molecule has 0 aliphatic heterocycles. The fourth-order valence-electron chi connectivity index (χ4n) is 4.92. The summed E-state index contributed by atoms with van der Waals surface area (Å²) in [5, 5.41) is 4.87. The Morgan fingerprint density at radius 3 is 2.43 bits per heavy atom. The predicted molar refractivity (Wildman–Crippen MR) is 153 cm³/mol. The molecule has 0 spiro atoms. The Morgan fingerprint density at radius 1 is 0.976 bits per heavy atom. The second-order valence-corrected chi connectivity index (χ2v) is 11.3. The summed E-state index contributed by atoms with van der Waals surface area (Å²) in [6, 6.07) is 14.6. The van der Waals surface area contributed by atoms with E-state index in [4.69, 9.17) is 15.2 Å². The third kappa shape index (κ3) is 4.39. The monoisotopic (exact) mass is 588 g/mol. The topological polar surface area (TPSA) is 146 Å². The number of nitrogen functional groups attached to an aromatic ring is 1. The van der Waals surface area contributed by atoms with Crippen molar-refractivity contribution in [1.82, 2.24) is 24.5 Å². The molecule has 1 unspecified atom stereocenters. The molecule has 0 aliphatic rings. The molecule has 3 heterocycles. The van der Waals surface area contributed by atoms with Crippen LogP contribution in [0.2, 0.25) is 0 Å². The summed E-state index contributed by atoms with van der Waals surface area (Å²) in [5.74, 6) is -1.15. The van der Waals surface area contributed by atoms with Crippen LogP contribution < -0.4 is 15.9 Å². The Morgan fingerprint density at radius 2 is 1.71 bits per heavy atom. The molecule has 10 nitrogen and oxygen atoms in total. The Bertz CT molecular complexity index is 2180. The lowest BCUT2D eigenvalue weighted by atomic mass is 9.99. The van der Waals surface area contributed by atoms with Gasteiger partial charge < -0.3 is 10.2 Å². The number of rotatable bonds is 6. The van der Waals surface area contributed by atoms with Gasteiger partial charge in [0.25, 0.3) is 0 Å². The van der Waals surface area contributed by atoms with Crippen molar-refractivity contribution in [3.63, 3.8) is 0 Å². The van der Waals surface area contributed by atoms with Crippen LogP contribution in [-0.2, 0) is 10.0 Å². The first-order chi connectivity index (χ1) is 20.1. The van der Waals surface area contributed by atoms with E-state index < -0.39 is 33.1 Å². The van der Waals surface area contributed by atoms with Gasteiger partial charge in [0.15, 0.2) is 5.65 Å². The highest BCUT2D eigenvalue weighted by Gasteiger charge is 2.28. The summed E-state index contributed by atoms with van der Waals surface area (Å²) in [5.41, 5.74) is 6.92. The van der Waals surface area contributed by atoms with Crippen molar-refractivity contribution in [1.29, 1.82) is 0 Å². The fraction of sp³-hybridized carbons (Fsp3) is 0.103. The summed E-state index contributed by atoms with van der Waals surface area (Å²) in [6.45, 7) is 1.70. The fourth-order valence-corrected chi connectivity index (χ4v) is 5.65. The first kappa shape index (κ1) is 27.2. The molecule has 6 rings (SSSR count). The summed E-state index contributed by atoms with van der Waals surface area (Å²) < 4.78 is 63.5. The minimum Gasteiger partial charge on any atom is -0.458 e. The number of nitrogens with zero attached hydrogens (tertiary/aromatic N) is 4. The second kappa shape index (κ2) is 10.1. The van der Waals surface area contributed by atoms with Gasteiger partial charge in [-0.3, -0.25) is 4.79 Å². The molecule has 42 heavy (non-hydrogen) atoms. The number of aromatic nitrogens is 4. The van der Waals surface area contributed by atoms with Gasteiger partial charge in [-0.05, 0) is 55.9 Å². The first-order valence-electron chi connectivity index (χ1n) is 12.6. The molecule has 0 aliphatic carbocycles. The molecule has 0 saturated heterocycles. The van der Waals surface area contributed by atoms with E-state index in [0.717, 1.165) is 6.07 Å². The van der Waals surface area contributed by atoms with E-state index in [0.29, 0.717) is 22.3 Å². The zero-order valence-electron chi connectivity index (χ0n) is 22.2. The smallest absolute Gasteiger partial charge is 0.240 e. The molecule has 3 aromatic carbocycles. The van der Waals surface area contributed by atoms with Crippen LogP contribution in [-0.4, -0.2) is 35.2 Å². The number of hydrogen-bond acceptors (Lipinski definition) is 8. The lowest BCUT2D eigenvalue weighted by Gasteiger charge is -2.17. The Hall–Kier alpha value is -5.01. The molecule has 0 fully saturated rings. The molecule has 0 amide bonds. The minimum atomic E-state index is -3.67. The van der Waals surface area contributed by atoms with Gasteiger partial charge in [-0.1, -0.05) is 30.3 Å². The molecule has 3 N–H and O–H groups in total. The number of sulfonamides is 1. The van der Waals surface area contributed by atoms with E-state index in [1.54, 1.807) is 19.1 Å². The normalized spacial score (nSPS) is 12.7. The van der Waals surface area contributed by atoms with Crippen LogP contribution in [0.1, 0.15) is 18.7 Å². The van der Waals surface area contributed by atoms with Gasteiger partial charge in [-0.25, -0.2) is 36.6 Å². The number of fused-ring (bicyclic) bond motifs is 2. The van der Waals surface area contributed by atoms with E-state index in [2.05, 4.69) is 14.7 Å². The molecule has 3 aromatic heterocycles. The lowest BCUT2D eigenvalue weighted by molar-refractivity contribution is 0.445. The Kier molecular flexibility index (Phi) is 6.55. The number of nitrogens with two attached hydrogens (primary N) is 1. The van der Waals surface area contributed by atoms with Crippen molar-refractivity contribution in [2.45, 2.75) is 17.9 Å². The zero-order valence-corrected chi connectivity index (χ0v) is 23.0. The van der Waals surface area contributed by atoms with Crippen LogP contribution in [0.3, 0.4) is 0 Å². The van der Waals surface area contributed by atoms with Crippen molar-refractivity contribution in [3.05, 3.63) is 101 Å². The van der Waals surface area contributed by atoms with Gasteiger partial charge in [-0.2, -0.15) is 5.10 Å². The van der Waals surface area contributed by atoms with Gasteiger partial charge in [-0.15, -0.1) is 0 Å². The molecule has 6 aromatic rings. The minimum absolute atomic E-state index is 0.00848. The molecular weight excluding hydrogens is 566 g/mol.